The fourth-order valence-corrected chi connectivity index (χ4v) is 3.17. The lowest BCUT2D eigenvalue weighted by Gasteiger charge is -2.19. The average Bonchev–Trinajstić information content (AvgIpc) is 3.04. The molecular weight excluding hydrogens is 394 g/mol. The van der Waals surface area contributed by atoms with Gasteiger partial charge in [-0.2, -0.15) is 0 Å². The molecule has 2 aromatic heterocycles. The maximum absolute atomic E-state index is 12.7. The van der Waals surface area contributed by atoms with Crippen molar-refractivity contribution in [3.63, 3.8) is 0 Å². The number of nitrogens with zero attached hydrogens (tertiary/aromatic N) is 2. The van der Waals surface area contributed by atoms with Crippen molar-refractivity contribution in [2.75, 3.05) is 0 Å². The van der Waals surface area contributed by atoms with E-state index < -0.39 is 23.1 Å². The van der Waals surface area contributed by atoms with E-state index in [1.165, 1.54) is 0 Å². The molecule has 2 N–H and O–H groups in total. The zero-order valence-corrected chi connectivity index (χ0v) is 18.9. The van der Waals surface area contributed by atoms with E-state index in [0.29, 0.717) is 28.0 Å². The Morgan fingerprint density at radius 2 is 1.61 bits per heavy atom. The smallest absolute Gasteiger partial charge is 0.342 e. The van der Waals surface area contributed by atoms with E-state index in [1.54, 1.807) is 40.9 Å². The molecule has 0 aliphatic carbocycles. The molecule has 1 aromatic carbocycles. The lowest BCUT2D eigenvalue weighted by Crippen LogP contribution is -2.24. The van der Waals surface area contributed by atoms with E-state index in [-0.39, 0.29) is 6.54 Å². The highest BCUT2D eigenvalue weighted by atomic mass is 16.6. The Morgan fingerprint density at radius 1 is 0.968 bits per heavy atom. The number of aromatic nitrogens is 2. The highest BCUT2D eigenvalue weighted by molar-refractivity contribution is 5.97. The van der Waals surface area contributed by atoms with Crippen molar-refractivity contribution in [1.82, 2.24) is 9.38 Å². The number of hydrogen-bond acceptors (Lipinski definition) is 6. The van der Waals surface area contributed by atoms with Crippen molar-refractivity contribution in [3.8, 4) is 11.3 Å². The summed E-state index contributed by atoms with van der Waals surface area (Å²) in [6.45, 7) is 11.1. The Balaban J connectivity index is 2.10. The van der Waals surface area contributed by atoms with Crippen molar-refractivity contribution < 1.29 is 19.1 Å². The lowest BCUT2D eigenvalue weighted by atomic mass is 10.1. The van der Waals surface area contributed by atoms with E-state index in [1.807, 2.05) is 47.6 Å². The van der Waals surface area contributed by atoms with Gasteiger partial charge in [0.25, 0.3) is 0 Å². The molecule has 7 nitrogen and oxygen atoms in total. The number of fused-ring (bicyclic) bond motifs is 1. The van der Waals surface area contributed by atoms with Gasteiger partial charge in [0.15, 0.2) is 5.65 Å². The number of esters is 2. The number of nitrogens with two attached hydrogens (primary N) is 1. The van der Waals surface area contributed by atoms with Gasteiger partial charge in [-0.15, -0.1) is 0 Å². The molecule has 2 heterocycles. The second-order valence-electron chi connectivity index (χ2n) is 9.31. The number of ether oxygens (including phenoxy) is 2. The lowest BCUT2D eigenvalue weighted by molar-refractivity contribution is 0.00578. The predicted molar refractivity (Wildman–Crippen MR) is 119 cm³/mol. The second kappa shape index (κ2) is 8.15. The quantitative estimate of drug-likeness (QED) is 0.626. The van der Waals surface area contributed by atoms with E-state index in [9.17, 15) is 9.59 Å². The van der Waals surface area contributed by atoms with Gasteiger partial charge >= 0.3 is 11.9 Å². The molecule has 3 aromatic rings. The summed E-state index contributed by atoms with van der Waals surface area (Å²) in [6, 6.07) is 10.5. The minimum absolute atomic E-state index is 0.199. The van der Waals surface area contributed by atoms with Crippen molar-refractivity contribution in [1.29, 1.82) is 0 Å². The Hall–Kier alpha value is -3.19. The molecule has 0 aliphatic heterocycles. The first-order chi connectivity index (χ1) is 14.4. The van der Waals surface area contributed by atoms with Crippen molar-refractivity contribution in [2.45, 2.75) is 59.3 Å². The van der Waals surface area contributed by atoms with Crippen LogP contribution in [0, 0.1) is 0 Å². The molecule has 0 bridgehead atoms. The highest BCUT2D eigenvalue weighted by Gasteiger charge is 2.24. The summed E-state index contributed by atoms with van der Waals surface area (Å²) in [5.74, 6) is -0.873. The third-order valence-electron chi connectivity index (χ3n) is 4.33. The Bertz CT molecular complexity index is 1130. The summed E-state index contributed by atoms with van der Waals surface area (Å²) in [5.41, 5.74) is 8.07. The minimum Gasteiger partial charge on any atom is -0.456 e. The van der Waals surface area contributed by atoms with Crippen molar-refractivity contribution >= 4 is 17.6 Å². The van der Waals surface area contributed by atoms with Crippen molar-refractivity contribution in [3.05, 3.63) is 59.4 Å². The molecule has 0 unspecified atom stereocenters. The fourth-order valence-electron chi connectivity index (χ4n) is 3.17. The van der Waals surface area contributed by atoms with E-state index >= 15 is 0 Å². The summed E-state index contributed by atoms with van der Waals surface area (Å²) in [5, 5.41) is 0. The molecule has 0 amide bonds. The van der Waals surface area contributed by atoms with Crippen LogP contribution in [-0.4, -0.2) is 32.5 Å². The molecular formula is C24H29N3O4. The average molecular weight is 424 g/mol. The molecule has 164 valence electrons. The van der Waals surface area contributed by atoms with Gasteiger partial charge in [0.2, 0.25) is 0 Å². The SMILES string of the molecule is CC(C)(C)OC(=O)c1cccc(-c2nc3c(C(=O)OC(C)(C)C)cccn3c2CN)c1. The molecule has 7 heteroatoms. The van der Waals surface area contributed by atoms with E-state index in [0.717, 1.165) is 5.69 Å². The normalized spacial score (nSPS) is 12.1. The van der Waals surface area contributed by atoms with Crippen LogP contribution in [-0.2, 0) is 16.0 Å². The van der Waals surface area contributed by atoms with Crippen LogP contribution in [0.5, 0.6) is 0 Å². The van der Waals surface area contributed by atoms with Crippen LogP contribution in [0.2, 0.25) is 0 Å². The number of hydrogen-bond donors (Lipinski definition) is 1. The molecule has 0 spiro atoms. The summed E-state index contributed by atoms with van der Waals surface area (Å²) in [7, 11) is 0. The van der Waals surface area contributed by atoms with Gasteiger partial charge < -0.3 is 19.6 Å². The van der Waals surface area contributed by atoms with Crippen LogP contribution in [0.15, 0.2) is 42.6 Å². The summed E-state index contributed by atoms with van der Waals surface area (Å²) in [6.07, 6.45) is 1.81. The zero-order valence-electron chi connectivity index (χ0n) is 18.9. The molecule has 0 fully saturated rings. The van der Waals surface area contributed by atoms with Gasteiger partial charge in [0.1, 0.15) is 16.8 Å². The number of carbonyl (C=O) groups is 2. The maximum Gasteiger partial charge on any atom is 0.342 e. The van der Waals surface area contributed by atoms with Gasteiger partial charge in [0.05, 0.1) is 17.0 Å². The first kappa shape index (κ1) is 22.5. The third-order valence-corrected chi connectivity index (χ3v) is 4.33. The number of imidazole rings is 1. The van der Waals surface area contributed by atoms with E-state index in [2.05, 4.69) is 0 Å². The van der Waals surface area contributed by atoms with E-state index in [4.69, 9.17) is 20.2 Å². The topological polar surface area (TPSA) is 95.9 Å². The monoisotopic (exact) mass is 423 g/mol. The van der Waals surface area contributed by atoms with Crippen LogP contribution in [0.25, 0.3) is 16.9 Å². The molecule has 31 heavy (non-hydrogen) atoms. The molecule has 3 rings (SSSR count). The van der Waals surface area contributed by atoms with Gasteiger partial charge in [-0.05, 0) is 65.8 Å². The van der Waals surface area contributed by atoms with Gasteiger partial charge in [-0.3, -0.25) is 0 Å². The van der Waals surface area contributed by atoms with Crippen LogP contribution in [0.4, 0.5) is 0 Å². The van der Waals surface area contributed by atoms with Gasteiger partial charge in [-0.25, -0.2) is 14.6 Å². The summed E-state index contributed by atoms with van der Waals surface area (Å²) < 4.78 is 12.8. The number of rotatable bonds is 4. The third kappa shape index (κ3) is 5.11. The molecule has 0 radical (unpaired) electrons. The first-order valence-electron chi connectivity index (χ1n) is 10.2. The number of benzene rings is 1. The van der Waals surface area contributed by atoms with Crippen LogP contribution in [0.1, 0.15) is 68.0 Å². The second-order valence-corrected chi connectivity index (χ2v) is 9.31. The van der Waals surface area contributed by atoms with Crippen LogP contribution >= 0.6 is 0 Å². The number of pyridine rings is 1. The summed E-state index contributed by atoms with van der Waals surface area (Å²) in [4.78, 5) is 30.0. The minimum atomic E-state index is -0.627. The fraction of sp³-hybridized carbons (Fsp3) is 0.375. The molecule has 0 saturated heterocycles. The molecule has 0 atom stereocenters. The Labute approximate surface area is 182 Å². The first-order valence-corrected chi connectivity index (χ1v) is 10.2. The largest absolute Gasteiger partial charge is 0.456 e. The van der Waals surface area contributed by atoms with Gasteiger partial charge in [-0.1, -0.05) is 12.1 Å². The Kier molecular flexibility index (Phi) is 5.91. The number of carbonyl (C=O) groups excluding carboxylic acids is 2. The van der Waals surface area contributed by atoms with Gasteiger partial charge in [0, 0.05) is 18.3 Å². The highest BCUT2D eigenvalue weighted by Crippen LogP contribution is 2.28. The Morgan fingerprint density at radius 3 is 2.23 bits per heavy atom. The molecule has 0 saturated carbocycles. The predicted octanol–water partition coefficient (Wildman–Crippen LogP) is 4.37. The maximum atomic E-state index is 12.7. The van der Waals surface area contributed by atoms with Crippen molar-refractivity contribution in [2.24, 2.45) is 5.73 Å². The van der Waals surface area contributed by atoms with Crippen LogP contribution < -0.4 is 5.73 Å². The standard InChI is InChI=1S/C24H29N3O4/c1-23(2,3)30-21(28)16-10-7-9-15(13-16)19-18(14-25)27-12-8-11-17(20(27)26-19)22(29)31-24(4,5)6/h7-13H,14,25H2,1-6H3. The zero-order chi connectivity index (χ0) is 23.0. The van der Waals surface area contributed by atoms with Crippen LogP contribution in [0.3, 0.4) is 0 Å². The summed E-state index contributed by atoms with van der Waals surface area (Å²) >= 11 is 0. The molecule has 0 aliphatic rings.